The van der Waals surface area contributed by atoms with Crippen LogP contribution in [0, 0.1) is 0 Å². The lowest BCUT2D eigenvalue weighted by molar-refractivity contribution is 0.754. The lowest BCUT2D eigenvalue weighted by atomic mass is 10.1. The van der Waals surface area contributed by atoms with E-state index < -0.39 is 0 Å². The number of rotatable bonds is 0. The molecule has 2 aromatic rings. The number of aryl methyl sites for hydroxylation is 1. The number of fused-ring (bicyclic) bond motifs is 2. The molecule has 3 heteroatoms. The number of aromatic nitrogens is 1. The quantitative estimate of drug-likeness (QED) is 0.695. The van der Waals surface area contributed by atoms with E-state index in [1.165, 1.54) is 12.1 Å². The van der Waals surface area contributed by atoms with E-state index in [1.54, 1.807) is 11.8 Å². The molecular weight excluding hydrogens is 218 g/mol. The Kier molecular flexibility index (Phi) is 2.28. The van der Waals surface area contributed by atoms with Crippen molar-refractivity contribution in [3.8, 4) is 0 Å². The molecule has 0 saturated heterocycles. The summed E-state index contributed by atoms with van der Waals surface area (Å²) in [5.74, 6) is 1.07. The van der Waals surface area contributed by atoms with Crippen LogP contribution in [0.1, 0.15) is 12.1 Å². The zero-order valence-electron chi connectivity index (χ0n) is 9.19. The maximum Gasteiger partial charge on any atom is 0.203 e. The van der Waals surface area contributed by atoms with Crippen molar-refractivity contribution in [1.29, 1.82) is 0 Å². The average Bonchev–Trinajstić information content (AvgIpc) is 2.36. The van der Waals surface area contributed by atoms with Crippen LogP contribution in [0.25, 0.3) is 10.9 Å². The molecule has 0 spiro atoms. The van der Waals surface area contributed by atoms with Crippen molar-refractivity contribution in [2.75, 3.05) is 5.75 Å². The van der Waals surface area contributed by atoms with E-state index in [0.29, 0.717) is 0 Å². The maximum atomic E-state index is 12.3. The zero-order chi connectivity index (χ0) is 11.1. The van der Waals surface area contributed by atoms with Crippen molar-refractivity contribution in [3.05, 3.63) is 40.2 Å². The van der Waals surface area contributed by atoms with Crippen LogP contribution >= 0.6 is 11.8 Å². The fraction of sp³-hybridized carbons (Fsp3) is 0.308. The van der Waals surface area contributed by atoms with E-state index in [2.05, 4.69) is 11.6 Å². The molecule has 0 bridgehead atoms. The van der Waals surface area contributed by atoms with Crippen molar-refractivity contribution in [1.82, 2.24) is 4.57 Å². The largest absolute Gasteiger partial charge is 0.346 e. The van der Waals surface area contributed by atoms with Crippen molar-refractivity contribution in [3.63, 3.8) is 0 Å². The second-order valence-corrected chi connectivity index (χ2v) is 5.24. The van der Waals surface area contributed by atoms with Gasteiger partial charge in [-0.2, -0.15) is 0 Å². The van der Waals surface area contributed by atoms with Crippen LogP contribution < -0.4 is 5.43 Å². The van der Waals surface area contributed by atoms with Crippen LogP contribution in [-0.4, -0.2) is 10.3 Å². The summed E-state index contributed by atoms with van der Waals surface area (Å²) in [6.45, 7) is 0. The van der Waals surface area contributed by atoms with Gasteiger partial charge in [0.15, 0.2) is 0 Å². The van der Waals surface area contributed by atoms with Gasteiger partial charge in [-0.25, -0.2) is 0 Å². The van der Waals surface area contributed by atoms with Crippen molar-refractivity contribution < 1.29 is 0 Å². The molecule has 1 aliphatic heterocycles. The lowest BCUT2D eigenvalue weighted by Crippen LogP contribution is -2.18. The summed E-state index contributed by atoms with van der Waals surface area (Å²) < 4.78 is 2.18. The first-order valence-corrected chi connectivity index (χ1v) is 6.51. The monoisotopic (exact) mass is 231 g/mol. The molecule has 1 aromatic heterocycles. The minimum Gasteiger partial charge on any atom is -0.346 e. The second-order valence-electron chi connectivity index (χ2n) is 4.13. The van der Waals surface area contributed by atoms with Gasteiger partial charge in [-0.1, -0.05) is 12.1 Å². The third-order valence-corrected chi connectivity index (χ3v) is 4.39. The fourth-order valence-electron chi connectivity index (χ4n) is 2.35. The highest BCUT2D eigenvalue weighted by Crippen LogP contribution is 2.29. The molecule has 0 saturated carbocycles. The van der Waals surface area contributed by atoms with Crippen LogP contribution in [0.5, 0.6) is 0 Å². The minimum atomic E-state index is 0.216. The SMILES string of the molecule is Cn1c2c(c(=O)c3ccccc31)SCCC2. The summed E-state index contributed by atoms with van der Waals surface area (Å²) in [7, 11) is 2.06. The Bertz CT molecular complexity index is 615. The Morgan fingerprint density at radius 1 is 1.31 bits per heavy atom. The summed E-state index contributed by atoms with van der Waals surface area (Å²) in [6.07, 6.45) is 2.20. The Morgan fingerprint density at radius 3 is 3.00 bits per heavy atom. The molecule has 1 aromatic carbocycles. The molecule has 0 fully saturated rings. The van der Waals surface area contributed by atoms with E-state index in [0.717, 1.165) is 28.0 Å². The van der Waals surface area contributed by atoms with Gasteiger partial charge in [0.25, 0.3) is 0 Å². The van der Waals surface area contributed by atoms with Gasteiger partial charge in [0, 0.05) is 18.1 Å². The first-order chi connectivity index (χ1) is 7.79. The van der Waals surface area contributed by atoms with Gasteiger partial charge >= 0.3 is 0 Å². The van der Waals surface area contributed by atoms with E-state index in [1.807, 2.05) is 24.3 Å². The highest BCUT2D eigenvalue weighted by Gasteiger charge is 2.18. The van der Waals surface area contributed by atoms with E-state index in [9.17, 15) is 4.79 Å². The Morgan fingerprint density at radius 2 is 2.12 bits per heavy atom. The van der Waals surface area contributed by atoms with Crippen molar-refractivity contribution >= 4 is 22.7 Å². The van der Waals surface area contributed by atoms with Crippen molar-refractivity contribution in [2.24, 2.45) is 7.05 Å². The third-order valence-electron chi connectivity index (χ3n) is 3.19. The maximum absolute atomic E-state index is 12.3. The first-order valence-electron chi connectivity index (χ1n) is 5.52. The van der Waals surface area contributed by atoms with Crippen LogP contribution in [0.2, 0.25) is 0 Å². The van der Waals surface area contributed by atoms with Crippen LogP contribution in [0.15, 0.2) is 34.0 Å². The van der Waals surface area contributed by atoms with Gasteiger partial charge in [0.1, 0.15) is 0 Å². The molecule has 2 nitrogen and oxygen atoms in total. The summed E-state index contributed by atoms with van der Waals surface area (Å²) in [6, 6.07) is 7.87. The highest BCUT2D eigenvalue weighted by molar-refractivity contribution is 7.99. The first kappa shape index (κ1) is 9.97. The van der Waals surface area contributed by atoms with Gasteiger partial charge in [0.2, 0.25) is 5.43 Å². The molecule has 0 amide bonds. The van der Waals surface area contributed by atoms with Crippen LogP contribution in [0.3, 0.4) is 0 Å². The molecule has 3 rings (SSSR count). The molecule has 0 unspecified atom stereocenters. The molecule has 2 heterocycles. The predicted molar refractivity (Wildman–Crippen MR) is 68.2 cm³/mol. The fourth-order valence-corrected chi connectivity index (χ4v) is 3.49. The molecular formula is C13H13NOS. The highest BCUT2D eigenvalue weighted by atomic mass is 32.2. The van der Waals surface area contributed by atoms with Crippen LogP contribution in [-0.2, 0) is 13.5 Å². The van der Waals surface area contributed by atoms with Gasteiger partial charge in [0.05, 0.1) is 10.4 Å². The number of para-hydroxylation sites is 1. The molecule has 0 radical (unpaired) electrons. The van der Waals surface area contributed by atoms with E-state index in [4.69, 9.17) is 0 Å². The summed E-state index contributed by atoms with van der Waals surface area (Å²) in [5, 5.41) is 0.846. The Balaban J connectivity index is 2.49. The normalized spacial score (nSPS) is 15.1. The standard InChI is InChI=1S/C13H13NOS/c1-14-10-6-3-2-5-9(10)12(15)13-11(14)7-4-8-16-13/h2-3,5-6H,4,7-8H2,1H3. The Labute approximate surface area is 98.3 Å². The summed E-state index contributed by atoms with van der Waals surface area (Å²) in [5.41, 5.74) is 2.47. The number of thioether (sulfide) groups is 1. The minimum absolute atomic E-state index is 0.216. The van der Waals surface area contributed by atoms with Crippen LogP contribution in [0.4, 0.5) is 0 Å². The third kappa shape index (κ3) is 1.31. The van der Waals surface area contributed by atoms with Gasteiger partial charge in [-0.15, -0.1) is 11.8 Å². The number of pyridine rings is 1. The smallest absolute Gasteiger partial charge is 0.203 e. The average molecular weight is 231 g/mol. The predicted octanol–water partition coefficient (Wildman–Crippen LogP) is 2.58. The Hall–Kier alpha value is -1.22. The van der Waals surface area contributed by atoms with Gasteiger partial charge < -0.3 is 4.57 Å². The zero-order valence-corrected chi connectivity index (χ0v) is 10.0. The molecule has 0 atom stereocenters. The van der Waals surface area contributed by atoms with E-state index >= 15 is 0 Å². The molecule has 1 aliphatic rings. The lowest BCUT2D eigenvalue weighted by Gasteiger charge is -2.20. The number of hydrogen-bond donors (Lipinski definition) is 0. The molecule has 82 valence electrons. The second kappa shape index (κ2) is 3.67. The van der Waals surface area contributed by atoms with Gasteiger partial charge in [-0.3, -0.25) is 4.79 Å². The topological polar surface area (TPSA) is 22.0 Å². The summed E-state index contributed by atoms with van der Waals surface area (Å²) >= 11 is 1.71. The number of benzene rings is 1. The molecule has 16 heavy (non-hydrogen) atoms. The van der Waals surface area contributed by atoms with Gasteiger partial charge in [-0.05, 0) is 30.7 Å². The number of nitrogens with zero attached hydrogens (tertiary/aromatic N) is 1. The molecule has 0 N–H and O–H groups in total. The van der Waals surface area contributed by atoms with Crippen molar-refractivity contribution in [2.45, 2.75) is 17.7 Å². The number of hydrogen-bond acceptors (Lipinski definition) is 2. The van der Waals surface area contributed by atoms with E-state index in [-0.39, 0.29) is 5.43 Å². The summed E-state index contributed by atoms with van der Waals surface area (Å²) in [4.78, 5) is 13.3. The molecule has 0 aliphatic carbocycles.